The highest BCUT2D eigenvalue weighted by Gasteiger charge is 2.11. The van der Waals surface area contributed by atoms with E-state index < -0.39 is 0 Å². The van der Waals surface area contributed by atoms with Gasteiger partial charge in [-0.15, -0.1) is 0 Å². The van der Waals surface area contributed by atoms with E-state index in [1.165, 1.54) is 6.07 Å². The van der Waals surface area contributed by atoms with Crippen molar-refractivity contribution in [2.24, 2.45) is 0 Å². The number of ether oxygens (including phenoxy) is 1. The first-order valence-electron chi connectivity index (χ1n) is 5.53. The molecule has 2 N–H and O–H groups in total. The van der Waals surface area contributed by atoms with Crippen molar-refractivity contribution in [2.75, 3.05) is 26.8 Å². The van der Waals surface area contributed by atoms with E-state index in [1.807, 2.05) is 0 Å². The number of rotatable bonds is 6. The fourth-order valence-corrected chi connectivity index (χ4v) is 1.88. The van der Waals surface area contributed by atoms with Gasteiger partial charge >= 0.3 is 0 Å². The van der Waals surface area contributed by atoms with E-state index in [-0.39, 0.29) is 18.4 Å². The van der Waals surface area contributed by atoms with Gasteiger partial charge < -0.3 is 15.4 Å². The molecule has 5 nitrogen and oxygen atoms in total. The summed E-state index contributed by atoms with van der Waals surface area (Å²) in [7, 11) is 1.55. The van der Waals surface area contributed by atoms with Gasteiger partial charge in [0, 0.05) is 23.1 Å². The summed E-state index contributed by atoms with van der Waals surface area (Å²) in [5.74, 6) is -0.639. The summed E-state index contributed by atoms with van der Waals surface area (Å²) < 4.78 is 5.41. The van der Waals surface area contributed by atoms with Gasteiger partial charge in [0.05, 0.1) is 18.7 Å². The van der Waals surface area contributed by atoms with Crippen molar-refractivity contribution in [3.05, 3.63) is 33.3 Å². The minimum absolute atomic E-state index is 0.0957. The molecule has 2 amide bonds. The smallest absolute Gasteiger partial charge is 0.252 e. The topological polar surface area (TPSA) is 67.4 Å². The number of hydrogen-bond donors (Lipinski definition) is 2. The first-order chi connectivity index (χ1) is 9.04. The molecule has 1 aromatic rings. The molecule has 0 radical (unpaired) electrons. The average Bonchev–Trinajstić information content (AvgIpc) is 2.39. The zero-order valence-corrected chi connectivity index (χ0v) is 12.7. The normalized spacial score (nSPS) is 10.1. The highest BCUT2D eigenvalue weighted by Crippen LogP contribution is 2.20. The number of benzene rings is 1. The van der Waals surface area contributed by atoms with Gasteiger partial charge in [-0.3, -0.25) is 9.59 Å². The number of carbonyl (C=O) groups excluding carboxylic acids is 2. The monoisotopic (exact) mass is 348 g/mol. The Morgan fingerprint density at radius 1 is 1.37 bits per heavy atom. The molecule has 0 saturated heterocycles. The molecule has 1 aromatic carbocycles. The first kappa shape index (κ1) is 15.9. The highest BCUT2D eigenvalue weighted by molar-refractivity contribution is 9.10. The SMILES string of the molecule is COCCNC(=O)CNC(=O)c1cc(Cl)ccc1Br. The minimum Gasteiger partial charge on any atom is -0.383 e. The van der Waals surface area contributed by atoms with Crippen LogP contribution in [0.3, 0.4) is 0 Å². The van der Waals surface area contributed by atoms with Crippen molar-refractivity contribution in [2.45, 2.75) is 0 Å². The Balaban J connectivity index is 2.47. The van der Waals surface area contributed by atoms with Crippen LogP contribution in [-0.2, 0) is 9.53 Å². The van der Waals surface area contributed by atoms with E-state index in [0.29, 0.717) is 28.2 Å². The lowest BCUT2D eigenvalue weighted by Crippen LogP contribution is -2.38. The van der Waals surface area contributed by atoms with Gasteiger partial charge in [0.25, 0.3) is 5.91 Å². The van der Waals surface area contributed by atoms with E-state index in [2.05, 4.69) is 26.6 Å². The Morgan fingerprint density at radius 3 is 2.79 bits per heavy atom. The Morgan fingerprint density at radius 2 is 2.11 bits per heavy atom. The van der Waals surface area contributed by atoms with Crippen molar-refractivity contribution < 1.29 is 14.3 Å². The van der Waals surface area contributed by atoms with Crippen LogP contribution >= 0.6 is 27.5 Å². The van der Waals surface area contributed by atoms with Gasteiger partial charge in [-0.1, -0.05) is 11.6 Å². The summed E-state index contributed by atoms with van der Waals surface area (Å²) in [5, 5.41) is 5.57. The maximum Gasteiger partial charge on any atom is 0.252 e. The molecule has 0 unspecified atom stereocenters. The summed E-state index contributed by atoms with van der Waals surface area (Å²) in [6, 6.07) is 4.87. The largest absolute Gasteiger partial charge is 0.383 e. The molecule has 1 rings (SSSR count). The molecular formula is C12H14BrClN2O3. The standard InChI is InChI=1S/C12H14BrClN2O3/c1-19-5-4-15-11(17)7-16-12(18)9-6-8(14)2-3-10(9)13/h2-3,6H,4-5,7H2,1H3,(H,15,17)(H,16,18). The molecule has 19 heavy (non-hydrogen) atoms. The average molecular weight is 350 g/mol. The van der Waals surface area contributed by atoms with Crippen LogP contribution < -0.4 is 10.6 Å². The van der Waals surface area contributed by atoms with E-state index in [1.54, 1.807) is 19.2 Å². The Bertz CT molecular complexity index is 468. The summed E-state index contributed by atoms with van der Waals surface area (Å²) in [4.78, 5) is 23.2. The van der Waals surface area contributed by atoms with Crippen LogP contribution in [0.4, 0.5) is 0 Å². The summed E-state index contributed by atoms with van der Waals surface area (Å²) in [6.07, 6.45) is 0. The van der Waals surface area contributed by atoms with Gasteiger partial charge in [0.15, 0.2) is 0 Å². The maximum absolute atomic E-state index is 11.8. The molecule has 0 saturated carbocycles. The second-order valence-corrected chi connectivity index (χ2v) is 4.94. The minimum atomic E-state index is -0.365. The highest BCUT2D eigenvalue weighted by atomic mass is 79.9. The third-order valence-electron chi connectivity index (χ3n) is 2.21. The second-order valence-electron chi connectivity index (χ2n) is 3.65. The van der Waals surface area contributed by atoms with Gasteiger partial charge in [-0.2, -0.15) is 0 Å². The molecule has 104 valence electrons. The number of halogens is 2. The van der Waals surface area contributed by atoms with Crippen molar-refractivity contribution in [3.8, 4) is 0 Å². The fourth-order valence-electron chi connectivity index (χ4n) is 1.28. The summed E-state index contributed by atoms with van der Waals surface area (Å²) >= 11 is 9.07. The fraction of sp³-hybridized carbons (Fsp3) is 0.333. The third-order valence-corrected chi connectivity index (χ3v) is 3.14. The molecule has 0 spiro atoms. The molecular weight excluding hydrogens is 336 g/mol. The lowest BCUT2D eigenvalue weighted by atomic mass is 10.2. The van der Waals surface area contributed by atoms with Crippen LogP contribution in [0.5, 0.6) is 0 Å². The van der Waals surface area contributed by atoms with Crippen molar-refractivity contribution in [3.63, 3.8) is 0 Å². The zero-order chi connectivity index (χ0) is 14.3. The number of nitrogens with one attached hydrogen (secondary N) is 2. The molecule has 0 atom stereocenters. The van der Waals surface area contributed by atoms with Crippen LogP contribution in [0.15, 0.2) is 22.7 Å². The zero-order valence-electron chi connectivity index (χ0n) is 10.3. The predicted molar refractivity (Wildman–Crippen MR) is 76.4 cm³/mol. The number of amides is 2. The van der Waals surface area contributed by atoms with Crippen LogP contribution in [-0.4, -0.2) is 38.6 Å². The number of methoxy groups -OCH3 is 1. The van der Waals surface area contributed by atoms with E-state index in [4.69, 9.17) is 16.3 Å². The quantitative estimate of drug-likeness (QED) is 0.767. The molecule has 0 fully saturated rings. The molecule has 0 aliphatic heterocycles. The van der Waals surface area contributed by atoms with Crippen molar-refractivity contribution >= 4 is 39.3 Å². The molecule has 7 heteroatoms. The van der Waals surface area contributed by atoms with E-state index in [9.17, 15) is 9.59 Å². The molecule has 0 aliphatic carbocycles. The summed E-state index contributed by atoms with van der Waals surface area (Å²) in [5.41, 5.74) is 0.386. The van der Waals surface area contributed by atoms with Gasteiger partial charge in [-0.05, 0) is 34.1 Å². The molecule has 0 aliphatic rings. The van der Waals surface area contributed by atoms with E-state index >= 15 is 0 Å². The Labute approximate surface area is 124 Å². The first-order valence-corrected chi connectivity index (χ1v) is 6.70. The second kappa shape index (κ2) is 8.14. The van der Waals surface area contributed by atoms with Crippen LogP contribution in [0.25, 0.3) is 0 Å². The Kier molecular flexibility index (Phi) is 6.83. The summed E-state index contributed by atoms with van der Waals surface area (Å²) in [6.45, 7) is 0.743. The van der Waals surface area contributed by atoms with Gasteiger partial charge in [0.2, 0.25) is 5.91 Å². The van der Waals surface area contributed by atoms with Crippen LogP contribution in [0.1, 0.15) is 10.4 Å². The third kappa shape index (κ3) is 5.59. The van der Waals surface area contributed by atoms with Crippen molar-refractivity contribution in [1.82, 2.24) is 10.6 Å². The van der Waals surface area contributed by atoms with Crippen LogP contribution in [0.2, 0.25) is 5.02 Å². The number of carbonyl (C=O) groups is 2. The van der Waals surface area contributed by atoms with E-state index in [0.717, 1.165) is 0 Å². The van der Waals surface area contributed by atoms with Gasteiger partial charge in [-0.25, -0.2) is 0 Å². The molecule has 0 heterocycles. The molecule has 0 bridgehead atoms. The lowest BCUT2D eigenvalue weighted by molar-refractivity contribution is -0.120. The molecule has 0 aromatic heterocycles. The van der Waals surface area contributed by atoms with Gasteiger partial charge in [0.1, 0.15) is 0 Å². The van der Waals surface area contributed by atoms with Crippen molar-refractivity contribution in [1.29, 1.82) is 0 Å². The Hall–Kier alpha value is -1.11. The maximum atomic E-state index is 11.8. The predicted octanol–water partition coefficient (Wildman–Crippen LogP) is 1.59. The lowest BCUT2D eigenvalue weighted by Gasteiger charge is -2.08. The van der Waals surface area contributed by atoms with Crippen LogP contribution in [0, 0.1) is 0 Å². The number of hydrogen-bond acceptors (Lipinski definition) is 3.